The van der Waals surface area contributed by atoms with Gasteiger partial charge in [0.15, 0.2) is 4.67 Å². The second-order valence-electron chi connectivity index (χ2n) is 4.71. The Bertz CT molecular complexity index is 421. The van der Waals surface area contributed by atoms with Crippen LogP contribution >= 0.6 is 15.9 Å². The molecule has 2 heterocycles. The summed E-state index contributed by atoms with van der Waals surface area (Å²) in [6, 6.07) is 2.02. The first-order chi connectivity index (χ1) is 8.58. The molecule has 100 valence electrons. The molecule has 0 saturated carbocycles. The minimum Gasteiger partial charge on any atom is -0.457 e. The minimum atomic E-state index is -0.0998. The van der Waals surface area contributed by atoms with Gasteiger partial charge < -0.3 is 14.6 Å². The first-order valence-corrected chi connectivity index (χ1v) is 6.77. The molecule has 1 aromatic heterocycles. The van der Waals surface area contributed by atoms with Crippen molar-refractivity contribution in [1.29, 1.82) is 0 Å². The van der Waals surface area contributed by atoms with Crippen molar-refractivity contribution in [2.45, 2.75) is 6.04 Å². The van der Waals surface area contributed by atoms with Crippen molar-refractivity contribution in [2.75, 3.05) is 40.3 Å². The van der Waals surface area contributed by atoms with Crippen molar-refractivity contribution in [1.82, 2.24) is 15.1 Å². The molecule has 1 aliphatic heterocycles. The fourth-order valence-electron chi connectivity index (χ4n) is 2.08. The third kappa shape index (κ3) is 3.13. The third-order valence-electron chi connectivity index (χ3n) is 3.34. The molecule has 0 aliphatic carbocycles. The van der Waals surface area contributed by atoms with E-state index in [-0.39, 0.29) is 5.91 Å². The molecule has 1 N–H and O–H groups in total. The van der Waals surface area contributed by atoms with Gasteiger partial charge in [0.2, 0.25) is 0 Å². The Balaban J connectivity index is 1.87. The molecule has 1 unspecified atom stereocenters. The molecule has 0 bridgehead atoms. The van der Waals surface area contributed by atoms with E-state index in [9.17, 15) is 4.79 Å². The smallest absolute Gasteiger partial charge is 0.255 e. The zero-order valence-corrected chi connectivity index (χ0v) is 12.2. The van der Waals surface area contributed by atoms with Gasteiger partial charge in [-0.1, -0.05) is 0 Å². The highest BCUT2D eigenvalue weighted by Crippen LogP contribution is 2.17. The van der Waals surface area contributed by atoms with Crippen molar-refractivity contribution < 1.29 is 9.21 Å². The number of carbonyl (C=O) groups excluding carboxylic acids is 1. The van der Waals surface area contributed by atoms with E-state index in [1.54, 1.807) is 6.07 Å². The predicted molar refractivity (Wildman–Crippen MR) is 72.7 cm³/mol. The van der Waals surface area contributed by atoms with Crippen LogP contribution in [0.5, 0.6) is 0 Å². The fourth-order valence-corrected chi connectivity index (χ4v) is 2.50. The maximum Gasteiger partial charge on any atom is 0.255 e. The molecule has 1 atom stereocenters. The molecule has 1 amide bonds. The van der Waals surface area contributed by atoms with E-state index in [2.05, 4.69) is 45.1 Å². The highest BCUT2D eigenvalue weighted by Gasteiger charge is 2.23. The van der Waals surface area contributed by atoms with Gasteiger partial charge in [-0.25, -0.2) is 0 Å². The van der Waals surface area contributed by atoms with Crippen molar-refractivity contribution >= 4 is 21.8 Å². The van der Waals surface area contributed by atoms with E-state index in [1.165, 1.54) is 6.26 Å². The summed E-state index contributed by atoms with van der Waals surface area (Å²) >= 11 is 3.21. The Morgan fingerprint density at radius 2 is 2.33 bits per heavy atom. The number of rotatable bonds is 3. The highest BCUT2D eigenvalue weighted by molar-refractivity contribution is 9.10. The van der Waals surface area contributed by atoms with Crippen LogP contribution in [-0.2, 0) is 0 Å². The zero-order chi connectivity index (χ0) is 13.1. The monoisotopic (exact) mass is 315 g/mol. The van der Waals surface area contributed by atoms with Crippen molar-refractivity contribution in [3.63, 3.8) is 0 Å². The van der Waals surface area contributed by atoms with Crippen molar-refractivity contribution in [3.8, 4) is 0 Å². The van der Waals surface area contributed by atoms with E-state index in [1.807, 2.05) is 0 Å². The normalized spacial score (nSPS) is 22.1. The van der Waals surface area contributed by atoms with Crippen molar-refractivity contribution in [3.05, 3.63) is 22.6 Å². The third-order valence-corrected chi connectivity index (χ3v) is 3.96. The van der Waals surface area contributed by atoms with Crippen LogP contribution in [0.25, 0.3) is 0 Å². The van der Waals surface area contributed by atoms with Gasteiger partial charge in [-0.2, -0.15) is 0 Å². The lowest BCUT2D eigenvalue weighted by Gasteiger charge is -2.37. The minimum absolute atomic E-state index is 0.0998. The molecule has 2 rings (SSSR count). The Morgan fingerprint density at radius 1 is 1.56 bits per heavy atom. The largest absolute Gasteiger partial charge is 0.457 e. The topological polar surface area (TPSA) is 48.7 Å². The van der Waals surface area contributed by atoms with Gasteiger partial charge in [-0.15, -0.1) is 0 Å². The maximum atomic E-state index is 11.9. The van der Waals surface area contributed by atoms with Crippen LogP contribution in [-0.4, -0.2) is 62.0 Å². The summed E-state index contributed by atoms with van der Waals surface area (Å²) in [5, 5.41) is 2.95. The van der Waals surface area contributed by atoms with E-state index in [0.717, 1.165) is 19.6 Å². The van der Waals surface area contributed by atoms with Crippen LogP contribution in [0.2, 0.25) is 0 Å². The SMILES string of the molecule is CN1CCN(C)C(CNC(=O)c2ccoc2Br)C1. The molecule has 6 heteroatoms. The molecule has 0 aromatic carbocycles. The summed E-state index contributed by atoms with van der Waals surface area (Å²) in [6.07, 6.45) is 1.50. The second kappa shape index (κ2) is 5.86. The first kappa shape index (κ1) is 13.6. The Labute approximate surface area is 115 Å². The highest BCUT2D eigenvalue weighted by atomic mass is 79.9. The van der Waals surface area contributed by atoms with E-state index in [0.29, 0.717) is 22.8 Å². The van der Waals surface area contributed by atoms with Crippen LogP contribution in [0, 0.1) is 0 Å². The summed E-state index contributed by atoms with van der Waals surface area (Å²) in [5.74, 6) is -0.0998. The van der Waals surface area contributed by atoms with Gasteiger partial charge in [-0.05, 0) is 36.1 Å². The van der Waals surface area contributed by atoms with Gasteiger partial charge in [0.25, 0.3) is 5.91 Å². The lowest BCUT2D eigenvalue weighted by Crippen LogP contribution is -2.54. The van der Waals surface area contributed by atoms with Crippen molar-refractivity contribution in [2.24, 2.45) is 0 Å². The summed E-state index contributed by atoms with van der Waals surface area (Å²) in [7, 11) is 4.20. The molecular formula is C12H18BrN3O2. The number of hydrogen-bond acceptors (Lipinski definition) is 4. The lowest BCUT2D eigenvalue weighted by atomic mass is 10.2. The molecule has 0 spiro atoms. The fraction of sp³-hybridized carbons (Fsp3) is 0.583. The molecule has 1 aliphatic rings. The van der Waals surface area contributed by atoms with Gasteiger partial charge in [0.1, 0.15) is 0 Å². The van der Waals surface area contributed by atoms with Crippen LogP contribution in [0.1, 0.15) is 10.4 Å². The van der Waals surface area contributed by atoms with Crippen LogP contribution in [0.4, 0.5) is 0 Å². The number of nitrogens with zero attached hydrogens (tertiary/aromatic N) is 2. The number of furan rings is 1. The van der Waals surface area contributed by atoms with Crippen LogP contribution in [0.15, 0.2) is 21.4 Å². The van der Waals surface area contributed by atoms with Gasteiger partial charge in [0.05, 0.1) is 11.8 Å². The Kier molecular flexibility index (Phi) is 4.42. The number of halogens is 1. The number of piperazine rings is 1. The standard InChI is InChI=1S/C12H18BrN3O2/c1-15-4-5-16(2)9(8-15)7-14-12(17)10-3-6-18-11(10)13/h3,6,9H,4-5,7-8H2,1-2H3,(H,14,17). The van der Waals surface area contributed by atoms with Crippen LogP contribution in [0.3, 0.4) is 0 Å². The van der Waals surface area contributed by atoms with Gasteiger partial charge in [0, 0.05) is 32.2 Å². The number of likely N-dealkylation sites (N-methyl/N-ethyl adjacent to an activating group) is 2. The van der Waals surface area contributed by atoms with Crippen LogP contribution < -0.4 is 5.32 Å². The number of amides is 1. The quantitative estimate of drug-likeness (QED) is 0.904. The average molecular weight is 316 g/mol. The van der Waals surface area contributed by atoms with E-state index < -0.39 is 0 Å². The van der Waals surface area contributed by atoms with Gasteiger partial charge >= 0.3 is 0 Å². The Hall–Kier alpha value is -0.850. The average Bonchev–Trinajstić information content (AvgIpc) is 2.76. The van der Waals surface area contributed by atoms with E-state index >= 15 is 0 Å². The number of carbonyl (C=O) groups is 1. The summed E-state index contributed by atoms with van der Waals surface area (Å²) in [4.78, 5) is 16.5. The predicted octanol–water partition coefficient (Wildman–Crippen LogP) is 1.02. The molecule has 5 nitrogen and oxygen atoms in total. The van der Waals surface area contributed by atoms with Gasteiger partial charge in [-0.3, -0.25) is 9.69 Å². The molecule has 18 heavy (non-hydrogen) atoms. The molecule has 0 radical (unpaired) electrons. The molecule has 1 fully saturated rings. The second-order valence-corrected chi connectivity index (χ2v) is 5.43. The summed E-state index contributed by atoms with van der Waals surface area (Å²) in [5.41, 5.74) is 0.543. The number of hydrogen-bond donors (Lipinski definition) is 1. The zero-order valence-electron chi connectivity index (χ0n) is 10.6. The molecular weight excluding hydrogens is 298 g/mol. The summed E-state index contributed by atoms with van der Waals surface area (Å²) < 4.78 is 5.53. The lowest BCUT2D eigenvalue weighted by molar-refractivity contribution is 0.0879. The molecule has 1 aromatic rings. The Morgan fingerprint density at radius 3 is 3.00 bits per heavy atom. The summed E-state index contributed by atoms with van der Waals surface area (Å²) in [6.45, 7) is 3.74. The van der Waals surface area contributed by atoms with E-state index in [4.69, 9.17) is 4.42 Å². The number of nitrogens with one attached hydrogen (secondary N) is 1. The first-order valence-electron chi connectivity index (χ1n) is 5.98. The molecule has 1 saturated heterocycles. The maximum absolute atomic E-state index is 11.9.